The zero-order chi connectivity index (χ0) is 18.4. The molecule has 1 N–H and O–H groups in total. The van der Waals surface area contributed by atoms with Crippen LogP contribution in [0.1, 0.15) is 5.76 Å². The van der Waals surface area contributed by atoms with E-state index in [9.17, 15) is 14.4 Å². The van der Waals surface area contributed by atoms with Crippen LogP contribution in [0.2, 0.25) is 0 Å². The number of hydrogen-bond donors (Lipinski definition) is 1. The second-order valence-electron chi connectivity index (χ2n) is 5.89. The summed E-state index contributed by atoms with van der Waals surface area (Å²) in [5, 5.41) is 12.2. The number of carbonyl (C=O) groups excluding carboxylic acids is 1. The van der Waals surface area contributed by atoms with Gasteiger partial charge in [0, 0.05) is 38.1 Å². The van der Waals surface area contributed by atoms with Gasteiger partial charge < -0.3 is 19.5 Å². The molecule has 0 radical (unpaired) electrons. The van der Waals surface area contributed by atoms with Gasteiger partial charge in [-0.3, -0.25) is 4.79 Å². The van der Waals surface area contributed by atoms with Gasteiger partial charge in [-0.1, -0.05) is 0 Å². The molecule has 1 aliphatic rings. The average Bonchev–Trinajstić information content (AvgIpc) is 3.19. The van der Waals surface area contributed by atoms with E-state index in [0.717, 1.165) is 11.4 Å². The highest BCUT2D eigenvalue weighted by molar-refractivity contribution is 5.97. The first-order chi connectivity index (χ1) is 12.7. The fourth-order valence-corrected chi connectivity index (χ4v) is 2.80. The minimum absolute atomic E-state index is 0.0618. The number of nitriles is 1. The van der Waals surface area contributed by atoms with E-state index >= 15 is 0 Å². The van der Waals surface area contributed by atoms with Gasteiger partial charge in [-0.2, -0.15) is 5.26 Å². The van der Waals surface area contributed by atoms with E-state index in [4.69, 9.17) is 4.42 Å². The van der Waals surface area contributed by atoms with E-state index in [0.29, 0.717) is 32.7 Å². The van der Waals surface area contributed by atoms with Gasteiger partial charge >= 0.3 is 0 Å². The molecule has 1 aliphatic heterocycles. The summed E-state index contributed by atoms with van der Waals surface area (Å²) in [5.74, 6) is 0.158. The fraction of sp³-hybridized carbons (Fsp3) is 0.263. The van der Waals surface area contributed by atoms with Crippen molar-refractivity contribution < 1.29 is 13.6 Å². The zero-order valence-electron chi connectivity index (χ0n) is 14.2. The Hall–Kier alpha value is -3.27. The van der Waals surface area contributed by atoms with Crippen LogP contribution in [-0.4, -0.2) is 37.0 Å². The summed E-state index contributed by atoms with van der Waals surface area (Å²) in [6.07, 6.45) is 2.99. The van der Waals surface area contributed by atoms with E-state index in [1.165, 1.54) is 18.3 Å². The molecule has 7 heteroatoms. The molecule has 1 aromatic carbocycles. The number of carbonyl (C=O) groups is 1. The lowest BCUT2D eigenvalue weighted by Crippen LogP contribution is -2.49. The molecule has 2 aromatic rings. The fourth-order valence-electron chi connectivity index (χ4n) is 2.80. The van der Waals surface area contributed by atoms with E-state index in [2.05, 4.69) is 10.2 Å². The quantitative estimate of drug-likeness (QED) is 0.659. The number of nitrogens with zero attached hydrogens (tertiary/aromatic N) is 3. The Balaban J connectivity index is 1.54. The molecule has 1 aromatic heterocycles. The number of amides is 1. The molecule has 26 heavy (non-hydrogen) atoms. The first kappa shape index (κ1) is 17.5. The Morgan fingerprint density at radius 1 is 1.23 bits per heavy atom. The Morgan fingerprint density at radius 3 is 2.58 bits per heavy atom. The summed E-state index contributed by atoms with van der Waals surface area (Å²) in [4.78, 5) is 16.3. The highest BCUT2D eigenvalue weighted by Crippen LogP contribution is 2.17. The van der Waals surface area contributed by atoms with Crippen molar-refractivity contribution in [3.63, 3.8) is 0 Å². The van der Waals surface area contributed by atoms with E-state index in [1.54, 1.807) is 29.4 Å². The van der Waals surface area contributed by atoms with Gasteiger partial charge in [0.2, 0.25) is 0 Å². The molecule has 0 atom stereocenters. The standard InChI is InChI=1S/C19H19FN4O2/c20-16-3-5-17(6-4-16)23-7-9-24(10-8-23)19(25)15(12-21)13-22-14-18-2-1-11-26-18/h1-6,11,13,22H,7-10,14H2/b15-13-. The largest absolute Gasteiger partial charge is 0.467 e. The Bertz CT molecular complexity index is 801. The monoisotopic (exact) mass is 354 g/mol. The van der Waals surface area contributed by atoms with Gasteiger partial charge in [-0.25, -0.2) is 4.39 Å². The summed E-state index contributed by atoms with van der Waals surface area (Å²) in [7, 11) is 0. The number of nitrogens with one attached hydrogen (secondary N) is 1. The van der Waals surface area contributed by atoms with Crippen molar-refractivity contribution in [2.75, 3.05) is 31.1 Å². The first-order valence-electron chi connectivity index (χ1n) is 8.33. The van der Waals surface area contributed by atoms with Crippen LogP contribution in [0.15, 0.2) is 58.9 Å². The maximum absolute atomic E-state index is 13.0. The van der Waals surface area contributed by atoms with Crippen LogP contribution < -0.4 is 10.2 Å². The van der Waals surface area contributed by atoms with Crippen molar-refractivity contribution in [1.29, 1.82) is 5.26 Å². The molecule has 0 spiro atoms. The van der Waals surface area contributed by atoms with E-state index < -0.39 is 0 Å². The predicted octanol–water partition coefficient (Wildman–Crippen LogP) is 2.26. The molecule has 3 rings (SSSR count). The third-order valence-corrected chi connectivity index (χ3v) is 4.21. The molecule has 0 unspecified atom stereocenters. The molecule has 2 heterocycles. The molecule has 1 fully saturated rings. The summed E-state index contributed by atoms with van der Waals surface area (Å²) < 4.78 is 18.2. The molecule has 0 bridgehead atoms. The Morgan fingerprint density at radius 2 is 1.96 bits per heavy atom. The highest BCUT2D eigenvalue weighted by Gasteiger charge is 2.23. The molecule has 1 amide bonds. The normalized spacial score (nSPS) is 14.8. The van der Waals surface area contributed by atoms with Gasteiger partial charge in [-0.15, -0.1) is 0 Å². The number of anilines is 1. The molecule has 6 nitrogen and oxygen atoms in total. The maximum Gasteiger partial charge on any atom is 0.266 e. The molecule has 1 saturated heterocycles. The number of benzene rings is 1. The Labute approximate surface area is 151 Å². The van der Waals surface area contributed by atoms with Crippen LogP contribution in [0.5, 0.6) is 0 Å². The average molecular weight is 354 g/mol. The highest BCUT2D eigenvalue weighted by atomic mass is 19.1. The third kappa shape index (κ3) is 4.22. The van der Waals surface area contributed by atoms with Crippen LogP contribution in [0, 0.1) is 17.1 Å². The van der Waals surface area contributed by atoms with Crippen molar-refractivity contribution >= 4 is 11.6 Å². The van der Waals surface area contributed by atoms with Crippen molar-refractivity contribution in [1.82, 2.24) is 10.2 Å². The summed E-state index contributed by atoms with van der Waals surface area (Å²) in [6.45, 7) is 2.69. The molecule has 134 valence electrons. The minimum Gasteiger partial charge on any atom is -0.467 e. The van der Waals surface area contributed by atoms with Crippen LogP contribution in [0.25, 0.3) is 0 Å². The number of rotatable bonds is 5. The zero-order valence-corrected chi connectivity index (χ0v) is 14.2. The van der Waals surface area contributed by atoms with Gasteiger partial charge in [0.05, 0.1) is 12.8 Å². The number of furan rings is 1. The van der Waals surface area contributed by atoms with Crippen LogP contribution in [-0.2, 0) is 11.3 Å². The number of halogens is 1. The molecule has 0 saturated carbocycles. The van der Waals surface area contributed by atoms with Crippen LogP contribution in [0.3, 0.4) is 0 Å². The molecular formula is C19H19FN4O2. The van der Waals surface area contributed by atoms with Crippen LogP contribution >= 0.6 is 0 Å². The second-order valence-corrected chi connectivity index (χ2v) is 5.89. The van der Waals surface area contributed by atoms with Crippen molar-refractivity contribution in [3.8, 4) is 6.07 Å². The lowest BCUT2D eigenvalue weighted by atomic mass is 10.2. The van der Waals surface area contributed by atoms with Crippen molar-refractivity contribution in [2.24, 2.45) is 0 Å². The molecule has 0 aliphatic carbocycles. The molecular weight excluding hydrogens is 335 g/mol. The number of piperazine rings is 1. The smallest absolute Gasteiger partial charge is 0.266 e. The third-order valence-electron chi connectivity index (χ3n) is 4.21. The van der Waals surface area contributed by atoms with Gasteiger partial charge in [-0.05, 0) is 36.4 Å². The minimum atomic E-state index is -0.293. The lowest BCUT2D eigenvalue weighted by Gasteiger charge is -2.36. The summed E-state index contributed by atoms with van der Waals surface area (Å²) in [5.41, 5.74) is 0.987. The van der Waals surface area contributed by atoms with E-state index in [-0.39, 0.29) is 17.3 Å². The SMILES string of the molecule is N#C/C(=C/NCc1ccco1)C(=O)N1CCN(c2ccc(F)cc2)CC1. The first-order valence-corrected chi connectivity index (χ1v) is 8.33. The van der Waals surface area contributed by atoms with E-state index in [1.807, 2.05) is 12.1 Å². The second kappa shape index (κ2) is 8.21. The topological polar surface area (TPSA) is 72.5 Å². The Kier molecular flexibility index (Phi) is 5.54. The van der Waals surface area contributed by atoms with Crippen molar-refractivity contribution in [2.45, 2.75) is 6.54 Å². The summed E-state index contributed by atoms with van der Waals surface area (Å²) in [6, 6.07) is 11.8. The maximum atomic E-state index is 13.0. The lowest BCUT2D eigenvalue weighted by molar-refractivity contribution is -0.127. The predicted molar refractivity (Wildman–Crippen MR) is 94.4 cm³/mol. The van der Waals surface area contributed by atoms with Crippen molar-refractivity contribution in [3.05, 3.63) is 66.0 Å². The van der Waals surface area contributed by atoms with Gasteiger partial charge in [0.1, 0.15) is 23.2 Å². The van der Waals surface area contributed by atoms with Crippen LogP contribution in [0.4, 0.5) is 10.1 Å². The van der Waals surface area contributed by atoms with Gasteiger partial charge in [0.15, 0.2) is 0 Å². The van der Waals surface area contributed by atoms with Gasteiger partial charge in [0.25, 0.3) is 5.91 Å². The number of hydrogen-bond acceptors (Lipinski definition) is 5. The summed E-state index contributed by atoms with van der Waals surface area (Å²) >= 11 is 0.